The highest BCUT2D eigenvalue weighted by Gasteiger charge is 2.17. The zero-order valence-electron chi connectivity index (χ0n) is 10.4. The Bertz CT molecular complexity index is 150. The number of nitrogens with one attached hydrogen (secondary N) is 2. The molecule has 0 radical (unpaired) electrons. The molecule has 4 N–H and O–H groups in total. The van der Waals surface area contributed by atoms with E-state index in [1.807, 2.05) is 0 Å². The minimum Gasteiger partial charge on any atom is -0.393 e. The molecule has 2 saturated heterocycles. The van der Waals surface area contributed by atoms with E-state index in [9.17, 15) is 0 Å². The Labute approximate surface area is 98.4 Å². The van der Waals surface area contributed by atoms with Crippen LogP contribution in [-0.2, 0) is 0 Å². The van der Waals surface area contributed by atoms with E-state index in [0.29, 0.717) is 11.8 Å². The van der Waals surface area contributed by atoms with Crippen LogP contribution in [0.3, 0.4) is 0 Å². The van der Waals surface area contributed by atoms with Gasteiger partial charge in [0, 0.05) is 13.1 Å². The second-order valence-electron chi connectivity index (χ2n) is 5.07. The van der Waals surface area contributed by atoms with Gasteiger partial charge in [0.2, 0.25) is 0 Å². The van der Waals surface area contributed by atoms with Gasteiger partial charge in [-0.3, -0.25) is 0 Å². The fourth-order valence-electron chi connectivity index (χ4n) is 2.00. The summed E-state index contributed by atoms with van der Waals surface area (Å²) in [4.78, 5) is 0. The molecule has 2 aliphatic rings. The summed E-state index contributed by atoms with van der Waals surface area (Å²) in [7, 11) is 0. The average Bonchev–Trinajstić information content (AvgIpc) is 2.28. The Morgan fingerprint density at radius 3 is 1.38 bits per heavy atom. The van der Waals surface area contributed by atoms with Gasteiger partial charge in [-0.15, -0.1) is 0 Å². The van der Waals surface area contributed by atoms with Gasteiger partial charge in [-0.05, 0) is 37.8 Å². The second kappa shape index (κ2) is 7.22. The third-order valence-electron chi connectivity index (χ3n) is 3.48. The maximum absolute atomic E-state index is 9.14. The minimum atomic E-state index is -0.0590. The summed E-state index contributed by atoms with van der Waals surface area (Å²) in [5, 5.41) is 24.7. The summed E-state index contributed by atoms with van der Waals surface area (Å²) in [5.74, 6) is 0.896. The highest BCUT2D eigenvalue weighted by molar-refractivity contribution is 4.73. The number of hydrogen-bond acceptors (Lipinski definition) is 4. The van der Waals surface area contributed by atoms with Gasteiger partial charge in [0.15, 0.2) is 0 Å². The molecule has 2 rings (SSSR count). The normalized spacial score (nSPS) is 39.8. The van der Waals surface area contributed by atoms with E-state index in [0.717, 1.165) is 39.0 Å². The zero-order chi connectivity index (χ0) is 12.0. The van der Waals surface area contributed by atoms with Crippen LogP contribution in [0.25, 0.3) is 0 Å². The summed E-state index contributed by atoms with van der Waals surface area (Å²) >= 11 is 0. The predicted octanol–water partition coefficient (Wildman–Crippen LogP) is -0.0466. The standard InChI is InChI=1S/2C6H13NO/c2*1-5-4-7-3-2-6(5)8/h2*5-8H,2-4H2,1H3/t2*5-,6-/m10/s1. The topological polar surface area (TPSA) is 64.5 Å². The van der Waals surface area contributed by atoms with Gasteiger partial charge < -0.3 is 20.8 Å². The molecule has 0 amide bonds. The molecule has 4 nitrogen and oxygen atoms in total. The lowest BCUT2D eigenvalue weighted by atomic mass is 9.99. The van der Waals surface area contributed by atoms with Gasteiger partial charge in [-0.25, -0.2) is 0 Å². The molecule has 0 aromatic carbocycles. The molecular weight excluding hydrogens is 204 g/mol. The van der Waals surface area contributed by atoms with Crippen LogP contribution in [0.5, 0.6) is 0 Å². The smallest absolute Gasteiger partial charge is 0.0590 e. The molecule has 2 fully saturated rings. The molecule has 0 aliphatic carbocycles. The molecule has 2 heterocycles. The Kier molecular flexibility index (Phi) is 6.28. The Balaban J connectivity index is 0.000000160. The summed E-state index contributed by atoms with van der Waals surface area (Å²) in [6.45, 7) is 8.03. The number of aliphatic hydroxyl groups excluding tert-OH is 2. The van der Waals surface area contributed by atoms with E-state index in [4.69, 9.17) is 10.2 Å². The van der Waals surface area contributed by atoms with Crippen molar-refractivity contribution >= 4 is 0 Å². The molecule has 4 atom stereocenters. The highest BCUT2D eigenvalue weighted by Crippen LogP contribution is 2.09. The van der Waals surface area contributed by atoms with Crippen molar-refractivity contribution in [2.24, 2.45) is 11.8 Å². The van der Waals surface area contributed by atoms with Crippen molar-refractivity contribution in [3.05, 3.63) is 0 Å². The van der Waals surface area contributed by atoms with E-state index in [1.54, 1.807) is 0 Å². The van der Waals surface area contributed by atoms with Gasteiger partial charge in [0.05, 0.1) is 12.2 Å². The van der Waals surface area contributed by atoms with Crippen LogP contribution in [0.15, 0.2) is 0 Å². The van der Waals surface area contributed by atoms with E-state index in [1.165, 1.54) is 0 Å². The van der Waals surface area contributed by atoms with Crippen LogP contribution in [0.1, 0.15) is 26.7 Å². The van der Waals surface area contributed by atoms with Crippen LogP contribution in [0, 0.1) is 11.8 Å². The van der Waals surface area contributed by atoms with Crippen molar-refractivity contribution in [2.45, 2.75) is 38.9 Å². The second-order valence-corrected chi connectivity index (χ2v) is 5.07. The Hall–Kier alpha value is -0.160. The van der Waals surface area contributed by atoms with Crippen molar-refractivity contribution in [3.63, 3.8) is 0 Å². The lowest BCUT2D eigenvalue weighted by molar-refractivity contribution is 0.0880. The molecule has 4 heteroatoms. The summed E-state index contributed by atoms with van der Waals surface area (Å²) < 4.78 is 0. The largest absolute Gasteiger partial charge is 0.393 e. The van der Waals surface area contributed by atoms with Crippen LogP contribution >= 0.6 is 0 Å². The lowest BCUT2D eigenvalue weighted by Gasteiger charge is -2.24. The number of piperidine rings is 2. The molecule has 0 bridgehead atoms. The zero-order valence-corrected chi connectivity index (χ0v) is 10.4. The highest BCUT2D eigenvalue weighted by atomic mass is 16.3. The molecule has 0 aromatic heterocycles. The molecule has 2 aliphatic heterocycles. The van der Waals surface area contributed by atoms with Crippen molar-refractivity contribution < 1.29 is 10.2 Å². The minimum absolute atomic E-state index is 0.0590. The first-order valence-corrected chi connectivity index (χ1v) is 6.38. The summed E-state index contributed by atoms with van der Waals surface area (Å²) in [6, 6.07) is 0. The molecular formula is C12H26N2O2. The van der Waals surface area contributed by atoms with Gasteiger partial charge in [-0.1, -0.05) is 13.8 Å². The molecule has 0 unspecified atom stereocenters. The first kappa shape index (κ1) is 13.9. The third-order valence-corrected chi connectivity index (χ3v) is 3.48. The summed E-state index contributed by atoms with van der Waals surface area (Å²) in [5.41, 5.74) is 0. The van der Waals surface area contributed by atoms with Crippen molar-refractivity contribution in [1.82, 2.24) is 10.6 Å². The van der Waals surface area contributed by atoms with Crippen LogP contribution < -0.4 is 10.6 Å². The third kappa shape index (κ3) is 4.78. The Morgan fingerprint density at radius 1 is 0.812 bits per heavy atom. The van der Waals surface area contributed by atoms with Gasteiger partial charge in [-0.2, -0.15) is 0 Å². The lowest BCUT2D eigenvalue weighted by Crippen LogP contribution is -2.38. The van der Waals surface area contributed by atoms with Crippen LogP contribution in [0.4, 0.5) is 0 Å². The van der Waals surface area contributed by atoms with Gasteiger partial charge >= 0.3 is 0 Å². The monoisotopic (exact) mass is 230 g/mol. The molecule has 16 heavy (non-hydrogen) atoms. The summed E-state index contributed by atoms with van der Waals surface area (Å²) in [6.07, 6.45) is 1.72. The predicted molar refractivity (Wildman–Crippen MR) is 65.3 cm³/mol. The van der Waals surface area contributed by atoms with E-state index in [-0.39, 0.29) is 12.2 Å². The molecule has 96 valence electrons. The quantitative estimate of drug-likeness (QED) is 0.471. The Morgan fingerprint density at radius 2 is 1.19 bits per heavy atom. The van der Waals surface area contributed by atoms with E-state index in [2.05, 4.69) is 24.5 Å². The van der Waals surface area contributed by atoms with E-state index < -0.39 is 0 Å². The maximum atomic E-state index is 9.14. The van der Waals surface area contributed by atoms with Crippen LogP contribution in [0.2, 0.25) is 0 Å². The van der Waals surface area contributed by atoms with Gasteiger partial charge in [0.25, 0.3) is 0 Å². The molecule has 0 aromatic rings. The first-order valence-electron chi connectivity index (χ1n) is 6.38. The van der Waals surface area contributed by atoms with E-state index >= 15 is 0 Å². The number of hydrogen-bond donors (Lipinski definition) is 4. The molecule has 0 spiro atoms. The molecule has 0 saturated carbocycles. The van der Waals surface area contributed by atoms with Crippen molar-refractivity contribution in [3.8, 4) is 0 Å². The fourth-order valence-corrected chi connectivity index (χ4v) is 2.00. The number of aliphatic hydroxyl groups is 2. The van der Waals surface area contributed by atoms with Gasteiger partial charge in [0.1, 0.15) is 0 Å². The van der Waals surface area contributed by atoms with Crippen LogP contribution in [-0.4, -0.2) is 48.6 Å². The van der Waals surface area contributed by atoms with Crippen molar-refractivity contribution in [1.29, 1.82) is 0 Å². The van der Waals surface area contributed by atoms with Crippen molar-refractivity contribution in [2.75, 3.05) is 26.2 Å². The SMILES string of the molecule is C[C@@H]1CNCC[C@H]1O.C[C@H]1CNCC[C@@H]1O. The number of rotatable bonds is 0. The maximum Gasteiger partial charge on any atom is 0.0590 e. The fraction of sp³-hybridized carbons (Fsp3) is 1.00. The first-order chi connectivity index (χ1) is 7.61. The average molecular weight is 230 g/mol.